The average Bonchev–Trinajstić information content (AvgIpc) is 1.69. The monoisotopic (exact) mass is 1880 g/mol. The molecule has 0 unspecified atom stereocenters. The van der Waals surface area contributed by atoms with Crippen molar-refractivity contribution in [2.45, 2.75) is 124 Å². The second kappa shape index (κ2) is 36.7. The molecule has 39 heteroatoms. The molecule has 5 atom stereocenters. The molecule has 18 rings (SSSR count). The molecule has 0 aliphatic carbocycles. The summed E-state index contributed by atoms with van der Waals surface area (Å²) < 4.78 is 150. The number of benzene rings is 6. The Morgan fingerprint density at radius 2 is 0.664 bits per heavy atom. The average molecular weight is 1880 g/mol. The zero-order valence-corrected chi connectivity index (χ0v) is 77.3. The summed E-state index contributed by atoms with van der Waals surface area (Å²) in [4.78, 5) is 130. The molecule has 708 valence electrons. The van der Waals surface area contributed by atoms with Gasteiger partial charge in [0.05, 0.1) is 102 Å². The van der Waals surface area contributed by atoms with E-state index in [-0.39, 0.29) is 200 Å². The summed E-state index contributed by atoms with van der Waals surface area (Å²) in [5, 5.41) is 0.276. The molecule has 0 radical (unpaired) electrons. The fraction of sp³-hybridized carbons (Fsp3) is 0.296. The van der Waals surface area contributed by atoms with E-state index >= 15 is 39.5 Å². The third-order valence-electron chi connectivity index (χ3n) is 25.4. The molecule has 6 N–H and O–H groups in total. The van der Waals surface area contributed by atoms with Crippen LogP contribution < -0.4 is 49.0 Å². The maximum absolute atomic E-state index is 16.3. The zero-order valence-electron chi connectivity index (χ0n) is 77.3. The molecule has 3 fully saturated rings. The number of imidazole rings is 3. The summed E-state index contributed by atoms with van der Waals surface area (Å²) in [6, 6.07) is 17.2. The molecule has 3 saturated heterocycles. The lowest BCUT2D eigenvalue weighted by Crippen LogP contribution is -2.58. The highest BCUT2D eigenvalue weighted by molar-refractivity contribution is 5.98. The van der Waals surface area contributed by atoms with Crippen LogP contribution in [0.15, 0.2) is 162 Å². The van der Waals surface area contributed by atoms with Gasteiger partial charge in [-0.05, 0) is 125 Å². The quantitative estimate of drug-likeness (QED) is 0.0487. The third kappa shape index (κ3) is 16.4. The molecular formula is C98H97F9N24O6. The van der Waals surface area contributed by atoms with Gasteiger partial charge in [0.1, 0.15) is 69.4 Å². The predicted octanol–water partition coefficient (Wildman–Crippen LogP) is 14.8. The molecule has 3 aliphatic rings. The lowest BCUT2D eigenvalue weighted by Gasteiger charge is -2.44. The Morgan fingerprint density at radius 1 is 0.372 bits per heavy atom. The number of amides is 3. The van der Waals surface area contributed by atoms with Crippen LogP contribution in [0.5, 0.6) is 0 Å². The molecular weight excluding hydrogens is 1780 g/mol. The molecule has 6 aromatic carbocycles. The number of nitrogens with two attached hydrogens (primary N) is 3. The minimum absolute atomic E-state index is 0.0653. The molecule has 12 heterocycles. The standard InChI is InChI=1S/2C33H33F3N8O2.C32H31F3N8O2/c2*1-7-25(45)42-13-18(5)43(14-17(42)4)31-19-11-21(35)28(27-20(34)9-8-10-23(27)37)39-32(19)44(33(46)40-31)30-22(36)12-24-29(26(30)16(2)3)38-15-41(24)6;1-6-24(44)41-10-11-42(17(4)14-41)30-18-12-20(34)27(26-19(33)8-7-9-22(26)36)38-31(18)43(32(45)39-30)29-21(35)13-23-28(25(29)16(2)3)37-15-40(23)5/h2*7-12,15-18H,1,13-14,37H2,2-6H3;6-9,12-13,15-17H,1,10-11,14,36H2,2-5H3/t2*17-,18+;17-/m110/s1. The molecule has 0 bridgehead atoms. The van der Waals surface area contributed by atoms with Gasteiger partial charge in [0.2, 0.25) is 17.7 Å². The largest absolute Gasteiger partial charge is 0.398 e. The highest BCUT2D eigenvalue weighted by Crippen LogP contribution is 2.44. The van der Waals surface area contributed by atoms with Crippen LogP contribution in [-0.4, -0.2) is 181 Å². The molecule has 15 aromatic rings. The fourth-order valence-corrected chi connectivity index (χ4v) is 18.8. The van der Waals surface area contributed by atoms with Crippen molar-refractivity contribution in [1.29, 1.82) is 0 Å². The number of anilines is 6. The Labute approximate surface area is 777 Å². The predicted molar refractivity (Wildman–Crippen MR) is 510 cm³/mol. The number of carbonyl (C=O) groups excluding carboxylic acids is 3. The van der Waals surface area contributed by atoms with E-state index in [1.165, 1.54) is 72.8 Å². The summed E-state index contributed by atoms with van der Waals surface area (Å²) in [5.41, 5.74) is 16.6. The van der Waals surface area contributed by atoms with Gasteiger partial charge in [0.15, 0.2) is 34.4 Å². The Kier molecular flexibility index (Phi) is 25.3. The first-order chi connectivity index (χ1) is 65.1. The van der Waals surface area contributed by atoms with E-state index in [0.29, 0.717) is 62.9 Å². The first kappa shape index (κ1) is 94.6. The van der Waals surface area contributed by atoms with Gasteiger partial charge in [-0.2, -0.15) is 15.0 Å². The highest BCUT2D eigenvalue weighted by atomic mass is 19.2. The topological polar surface area (TPSA) is 346 Å². The van der Waals surface area contributed by atoms with Gasteiger partial charge in [-0.3, -0.25) is 14.4 Å². The van der Waals surface area contributed by atoms with Gasteiger partial charge in [-0.25, -0.2) is 97.5 Å². The molecule has 0 spiro atoms. The lowest BCUT2D eigenvalue weighted by atomic mass is 9.98. The summed E-state index contributed by atoms with van der Waals surface area (Å²) in [6.45, 7) is 32.9. The van der Waals surface area contributed by atoms with E-state index in [4.69, 9.17) is 17.2 Å². The third-order valence-corrected chi connectivity index (χ3v) is 25.4. The Morgan fingerprint density at radius 3 is 0.942 bits per heavy atom. The maximum Gasteiger partial charge on any atom is 0.355 e. The first-order valence-corrected chi connectivity index (χ1v) is 44.1. The normalized spacial score (nSPS) is 16.5. The summed E-state index contributed by atoms with van der Waals surface area (Å²) >= 11 is 0. The number of aromatic nitrogens is 15. The van der Waals surface area contributed by atoms with E-state index in [1.54, 1.807) is 83.2 Å². The molecule has 0 saturated carbocycles. The number of pyridine rings is 3. The second-order valence-electron chi connectivity index (χ2n) is 35.5. The van der Waals surface area contributed by atoms with Crippen molar-refractivity contribution in [2.75, 3.05) is 77.7 Å². The van der Waals surface area contributed by atoms with Crippen molar-refractivity contribution >= 4 is 118 Å². The van der Waals surface area contributed by atoms with Crippen molar-refractivity contribution in [1.82, 2.24) is 87.0 Å². The minimum Gasteiger partial charge on any atom is -0.398 e. The van der Waals surface area contributed by atoms with E-state index in [0.717, 1.165) is 50.1 Å². The number of aryl methyl sites for hydroxylation is 3. The zero-order chi connectivity index (χ0) is 98.7. The smallest absolute Gasteiger partial charge is 0.355 e. The molecule has 9 aromatic heterocycles. The molecule has 30 nitrogen and oxygen atoms in total. The van der Waals surface area contributed by atoms with E-state index < -0.39 is 86.5 Å². The van der Waals surface area contributed by atoms with Gasteiger partial charge in [-0.1, -0.05) is 79.5 Å². The van der Waals surface area contributed by atoms with Crippen molar-refractivity contribution in [2.24, 2.45) is 21.1 Å². The van der Waals surface area contributed by atoms with E-state index in [9.17, 15) is 28.8 Å². The maximum atomic E-state index is 16.3. The summed E-state index contributed by atoms with van der Waals surface area (Å²) in [7, 11) is 5.20. The van der Waals surface area contributed by atoms with Gasteiger partial charge < -0.3 is 60.3 Å². The number of piperazine rings is 3. The number of nitrogen functional groups attached to an aromatic ring is 3. The van der Waals surface area contributed by atoms with Crippen molar-refractivity contribution in [3.05, 3.63) is 248 Å². The Hall–Kier alpha value is -15.6. The van der Waals surface area contributed by atoms with Gasteiger partial charge in [0, 0.05) is 149 Å². The number of rotatable bonds is 15. The Bertz CT molecular complexity index is 7400. The number of hydrogen-bond donors (Lipinski definition) is 3. The van der Waals surface area contributed by atoms with Gasteiger partial charge in [0.25, 0.3) is 0 Å². The van der Waals surface area contributed by atoms with E-state index in [2.05, 4.69) is 64.6 Å². The Balaban J connectivity index is 0.000000149. The van der Waals surface area contributed by atoms with E-state index in [1.807, 2.05) is 76.2 Å². The first-order valence-electron chi connectivity index (χ1n) is 44.1. The number of nitrogens with zero attached hydrogens (tertiary/aromatic N) is 21. The van der Waals surface area contributed by atoms with Gasteiger partial charge in [-0.15, -0.1) is 0 Å². The lowest BCUT2D eigenvalue weighted by molar-refractivity contribution is -0.129. The second-order valence-corrected chi connectivity index (χ2v) is 35.5. The van der Waals surface area contributed by atoms with Crippen molar-refractivity contribution < 1.29 is 53.9 Å². The van der Waals surface area contributed by atoms with Crippen LogP contribution in [0, 0.1) is 52.4 Å². The van der Waals surface area contributed by atoms with Crippen molar-refractivity contribution in [3.63, 3.8) is 0 Å². The number of fused-ring (bicyclic) bond motifs is 6. The highest BCUT2D eigenvalue weighted by Gasteiger charge is 2.40. The number of carbonyl (C=O) groups is 3. The molecule has 3 amide bonds. The van der Waals surface area contributed by atoms with Crippen LogP contribution in [0.4, 0.5) is 74.0 Å². The van der Waals surface area contributed by atoms with Crippen LogP contribution in [-0.2, 0) is 35.5 Å². The van der Waals surface area contributed by atoms with Gasteiger partial charge >= 0.3 is 17.1 Å². The van der Waals surface area contributed by atoms with Crippen LogP contribution in [0.1, 0.15) is 111 Å². The molecule has 137 heavy (non-hydrogen) atoms. The fourth-order valence-electron chi connectivity index (χ4n) is 18.8. The minimum atomic E-state index is -0.913. The van der Waals surface area contributed by atoms with Crippen molar-refractivity contribution in [3.8, 4) is 50.8 Å². The SMILES string of the molecule is C=CC(=O)N1CCN(c2nc(=O)n(-c3c(F)cc4c(ncn4C)c3C(C)C)c3nc(-c4c(N)cccc4F)c(F)cc23)[C@@H](C)C1.C=CC(=O)N1C[C@H](C)N(c2nc(=O)n(-c3c(F)cc4c(ncn4C)c3C(C)C)c3nc(-c4c(N)cccc4F)c(F)cc23)C[C@H]1C.C=CC(=O)N1C[C@H](C)N(c2nc(=O)n(-c3c(F)cc4c(ncn4C)c3C(C)C)c3nc(-c4c(N)cccc4F)c(F)cc23)C[C@H]1C. The summed E-state index contributed by atoms with van der Waals surface area (Å²) in [6.07, 6.45) is 8.35. The van der Waals surface area contributed by atoms with Crippen LogP contribution in [0.2, 0.25) is 0 Å². The molecule has 3 aliphatic heterocycles. The number of hydrogen-bond acceptors (Lipinski definition) is 21. The van der Waals surface area contributed by atoms with Crippen LogP contribution in [0.3, 0.4) is 0 Å². The van der Waals surface area contributed by atoms with Crippen LogP contribution in [0.25, 0.3) is 117 Å². The van der Waals surface area contributed by atoms with Crippen LogP contribution >= 0.6 is 0 Å². The number of halogens is 9. The summed E-state index contributed by atoms with van der Waals surface area (Å²) in [5.74, 6) is -8.77.